The van der Waals surface area contributed by atoms with Gasteiger partial charge in [0.25, 0.3) is 0 Å². The molecule has 10 atom stereocenters. The summed E-state index contributed by atoms with van der Waals surface area (Å²) in [7, 11) is 0. The van der Waals surface area contributed by atoms with Gasteiger partial charge in [0.2, 0.25) is 76.8 Å². The molecule has 0 unspecified atom stereocenters. The number of guanidine groups is 1. The minimum Gasteiger partial charge on any atom is -0.370 e. The molecule has 2 heterocycles. The summed E-state index contributed by atoms with van der Waals surface area (Å²) in [6, 6.07) is 4.51. The molecule has 0 aliphatic carbocycles. The Bertz CT molecular complexity index is 2960. The fourth-order valence-corrected chi connectivity index (χ4v) is 11.5. The van der Waals surface area contributed by atoms with E-state index in [9.17, 15) is 62.3 Å². The molecule has 31 nitrogen and oxygen atoms in total. The number of rotatable bonds is 42. The highest BCUT2D eigenvalue weighted by Gasteiger charge is 2.42. The molecule has 32 heteroatoms. The maximum Gasteiger partial charge on any atom is 0.245 e. The van der Waals surface area contributed by atoms with E-state index >= 15 is 0 Å². The van der Waals surface area contributed by atoms with E-state index in [1.165, 1.54) is 21.6 Å². The van der Waals surface area contributed by atoms with E-state index in [4.69, 9.17) is 40.1 Å². The summed E-state index contributed by atoms with van der Waals surface area (Å²) >= 11 is 1.45. The number of amides is 13. The number of carbonyl (C=O) groups excluding carboxylic acids is 13. The van der Waals surface area contributed by atoms with Gasteiger partial charge >= 0.3 is 0 Å². The SMILES string of the molecule is CSCC[C@H](NC(=O)[C@H](CC(C)C)NC(=O)CNC(=O)[C@@H](Cc1ccccc1)NC(=O)[C@H](Cc1ccccc1)NC(=O)[C@H](CCC(N)=O)NC(=O)[C@H](CCC(N)=O)NC(=O)[C@@H]1CCCN1C(=O)[C@H](CCCCN)NC(=O)[C@@H]1CCCN1C(=O)[C@@H](N)CCCN=C(N)N)C(N)=O. The number of likely N-dealkylation sites (tertiary alicyclic amines) is 2. The number of primary amides is 3. The molecule has 95 heavy (non-hydrogen) atoms. The number of benzene rings is 2. The number of nitrogens with zero attached hydrogens (tertiary/aromatic N) is 3. The molecule has 0 saturated carbocycles. The average Bonchev–Trinajstić information content (AvgIpc) is 1.74. The van der Waals surface area contributed by atoms with E-state index in [1.54, 1.807) is 60.7 Å². The molecule has 13 amide bonds. The van der Waals surface area contributed by atoms with Gasteiger partial charge in [0.05, 0.1) is 12.6 Å². The molecule has 2 fully saturated rings. The highest BCUT2D eigenvalue weighted by Crippen LogP contribution is 2.24. The van der Waals surface area contributed by atoms with Crippen molar-refractivity contribution in [3.63, 3.8) is 0 Å². The van der Waals surface area contributed by atoms with Crippen LogP contribution in [0.25, 0.3) is 0 Å². The maximum absolute atomic E-state index is 14.7. The van der Waals surface area contributed by atoms with Crippen LogP contribution in [-0.4, -0.2) is 198 Å². The number of unbranched alkanes of at least 4 members (excludes halogenated alkanes) is 1. The summed E-state index contributed by atoms with van der Waals surface area (Å²) in [6.45, 7) is 3.86. The average molecular weight is 1350 g/mol. The largest absolute Gasteiger partial charge is 0.370 e. The molecule has 22 N–H and O–H groups in total. The Morgan fingerprint density at radius 3 is 1.51 bits per heavy atom. The van der Waals surface area contributed by atoms with Crippen molar-refractivity contribution in [3.05, 3.63) is 71.8 Å². The summed E-state index contributed by atoms with van der Waals surface area (Å²) in [5.74, 6) is -9.80. The Hall–Kier alpha value is -8.91. The zero-order valence-electron chi connectivity index (χ0n) is 54.5. The van der Waals surface area contributed by atoms with Crippen molar-refractivity contribution in [3.8, 4) is 0 Å². The second kappa shape index (κ2) is 41.0. The number of nitrogens with two attached hydrogens (primary N) is 7. The van der Waals surface area contributed by atoms with Crippen LogP contribution < -0.4 is 82.7 Å². The van der Waals surface area contributed by atoms with Gasteiger partial charge in [-0.1, -0.05) is 74.5 Å². The van der Waals surface area contributed by atoms with Gasteiger partial charge in [-0.2, -0.15) is 11.8 Å². The third-order valence-corrected chi connectivity index (χ3v) is 16.7. The van der Waals surface area contributed by atoms with Crippen LogP contribution in [0, 0.1) is 5.92 Å². The zero-order valence-corrected chi connectivity index (χ0v) is 55.3. The van der Waals surface area contributed by atoms with Gasteiger partial charge in [-0.25, -0.2) is 0 Å². The topological polar surface area (TPSA) is 519 Å². The molecule has 0 radical (unpaired) electrons. The van der Waals surface area contributed by atoms with Crippen LogP contribution in [0.5, 0.6) is 0 Å². The summed E-state index contributed by atoms with van der Waals surface area (Å²) < 4.78 is 0. The molecule has 2 aliphatic rings. The molecule has 0 spiro atoms. The lowest BCUT2D eigenvalue weighted by Gasteiger charge is -2.32. The number of thioether (sulfide) groups is 1. The minimum atomic E-state index is -1.64. The fraction of sp³-hybridized carbons (Fsp3) is 0.587. The predicted octanol–water partition coefficient (Wildman–Crippen LogP) is -3.71. The van der Waals surface area contributed by atoms with Crippen molar-refractivity contribution >= 4 is 94.5 Å². The fourth-order valence-electron chi connectivity index (χ4n) is 11.0. The highest BCUT2D eigenvalue weighted by molar-refractivity contribution is 7.98. The van der Waals surface area contributed by atoms with E-state index in [1.807, 2.05) is 20.1 Å². The van der Waals surface area contributed by atoms with Gasteiger partial charge in [-0.15, -0.1) is 0 Å². The van der Waals surface area contributed by atoms with E-state index < -0.39 is 169 Å². The van der Waals surface area contributed by atoms with Crippen molar-refractivity contribution < 1.29 is 62.3 Å². The number of carbonyl (C=O) groups is 13. The third kappa shape index (κ3) is 27.5. The van der Waals surface area contributed by atoms with Crippen molar-refractivity contribution in [1.82, 2.24) is 52.3 Å². The molecule has 4 rings (SSSR count). The van der Waals surface area contributed by atoms with E-state index in [2.05, 4.69) is 47.5 Å². The summed E-state index contributed by atoms with van der Waals surface area (Å²) in [5.41, 5.74) is 40.6. The van der Waals surface area contributed by atoms with E-state index in [0.717, 1.165) is 0 Å². The van der Waals surface area contributed by atoms with Gasteiger partial charge in [-0.05, 0) is 119 Å². The number of nitrogens with one attached hydrogen (secondary N) is 8. The van der Waals surface area contributed by atoms with Crippen LogP contribution in [0.1, 0.15) is 121 Å². The number of hydrogen-bond donors (Lipinski definition) is 15. The monoisotopic (exact) mass is 1350 g/mol. The van der Waals surface area contributed by atoms with Crippen molar-refractivity contribution in [2.24, 2.45) is 51.0 Å². The number of hydrogen-bond acceptors (Lipinski definition) is 17. The van der Waals surface area contributed by atoms with Crippen LogP contribution in [-0.2, 0) is 75.2 Å². The lowest BCUT2D eigenvalue weighted by molar-refractivity contribution is -0.144. The molecule has 524 valence electrons. The van der Waals surface area contributed by atoms with Crippen LogP contribution in [0.15, 0.2) is 65.7 Å². The first kappa shape index (κ1) is 78.5. The lowest BCUT2D eigenvalue weighted by atomic mass is 10.0. The van der Waals surface area contributed by atoms with E-state index in [-0.39, 0.29) is 83.0 Å². The maximum atomic E-state index is 14.7. The minimum absolute atomic E-state index is 0.0736. The quantitative estimate of drug-likeness (QED) is 0.0173. The van der Waals surface area contributed by atoms with Crippen LogP contribution in [0.3, 0.4) is 0 Å². The normalized spacial score (nSPS) is 16.8. The Kier molecular flexibility index (Phi) is 33.9. The van der Waals surface area contributed by atoms with Gasteiger partial charge < -0.3 is 92.5 Å². The smallest absolute Gasteiger partial charge is 0.245 e. The lowest BCUT2D eigenvalue weighted by Crippen LogP contribution is -2.60. The second-order valence-electron chi connectivity index (χ2n) is 24.1. The highest BCUT2D eigenvalue weighted by atomic mass is 32.2. The molecular weight excluding hydrogens is 1250 g/mol. The van der Waals surface area contributed by atoms with Crippen molar-refractivity contribution in [1.29, 1.82) is 0 Å². The Labute approximate surface area is 558 Å². The summed E-state index contributed by atoms with van der Waals surface area (Å²) in [6.07, 6.45) is 3.12. The van der Waals surface area contributed by atoms with Gasteiger partial charge in [0.15, 0.2) is 5.96 Å². The van der Waals surface area contributed by atoms with Crippen molar-refractivity contribution in [2.45, 2.75) is 183 Å². The van der Waals surface area contributed by atoms with Crippen LogP contribution >= 0.6 is 11.8 Å². The van der Waals surface area contributed by atoms with Crippen LogP contribution in [0.4, 0.5) is 0 Å². The standard InChI is InChI=1S/C63H98N18O13S/c1-37(2)33-45(57(89)74-41(53(68)85)27-32-95-3)73-52(84)36-72-54(86)46(34-38-15-6-4-7-16-38)78-58(90)47(35-39-17-8-5-9-18-39)79-56(88)42(23-25-50(66)82)75-55(87)43(24-26-51(67)83)76-59(91)49-22-14-31-81(49)62(94)44(20-10-11-28-64)77-60(92)48-21-13-30-80(48)61(93)40(65)19-12-29-71-63(69)70/h4-9,15-18,37,40-49H,10-14,19-36,64-65H2,1-3H3,(H2,66,82)(H2,67,83)(H2,68,85)(H,72,86)(H,73,84)(H,74,89)(H,75,87)(H,76,91)(H,77,92)(H,78,90)(H,79,88)(H4,69,70,71)/t40-,41-,42-,43-,44-,45-,46+,47-,48-,49-/m0/s1. The van der Waals surface area contributed by atoms with E-state index in [0.29, 0.717) is 55.4 Å². The molecule has 0 aromatic heterocycles. The van der Waals surface area contributed by atoms with Gasteiger partial charge in [-0.3, -0.25) is 67.3 Å². The zero-order chi connectivity index (χ0) is 70.1. The molecular formula is C63H98N18O13S. The summed E-state index contributed by atoms with van der Waals surface area (Å²) in [4.78, 5) is 185. The first-order chi connectivity index (χ1) is 45.2. The first-order valence-corrected chi connectivity index (χ1v) is 33.6. The Morgan fingerprint density at radius 1 is 0.537 bits per heavy atom. The molecule has 2 aliphatic heterocycles. The molecule has 0 bridgehead atoms. The molecule has 2 aromatic rings. The Balaban J connectivity index is 1.56. The second-order valence-corrected chi connectivity index (χ2v) is 25.1. The van der Waals surface area contributed by atoms with Crippen LogP contribution in [0.2, 0.25) is 0 Å². The van der Waals surface area contributed by atoms with Gasteiger partial charge in [0, 0.05) is 45.3 Å². The Morgan fingerprint density at radius 2 is 1.01 bits per heavy atom. The summed E-state index contributed by atoms with van der Waals surface area (Å²) in [5, 5.41) is 21.1. The van der Waals surface area contributed by atoms with Gasteiger partial charge in [0.1, 0.15) is 54.4 Å². The van der Waals surface area contributed by atoms with Crippen molar-refractivity contribution in [2.75, 3.05) is 44.7 Å². The molecule has 2 saturated heterocycles. The predicted molar refractivity (Wildman–Crippen MR) is 356 cm³/mol. The first-order valence-electron chi connectivity index (χ1n) is 32.2. The number of aliphatic imine (C=N–C) groups is 1. The third-order valence-electron chi connectivity index (χ3n) is 16.0. The molecule has 2 aromatic carbocycles.